The molecule has 0 spiro atoms. The average molecular weight is 302 g/mol. The first-order valence-electron chi connectivity index (χ1n) is 7.71. The van der Waals surface area contributed by atoms with Crippen molar-refractivity contribution in [1.82, 2.24) is 5.32 Å². The molecular weight excluding hydrogens is 278 g/mol. The third-order valence-electron chi connectivity index (χ3n) is 3.91. The van der Waals surface area contributed by atoms with Crippen LogP contribution in [0.2, 0.25) is 5.02 Å². The second-order valence-corrected chi connectivity index (χ2v) is 5.90. The van der Waals surface area contributed by atoms with E-state index in [9.17, 15) is 0 Å². The van der Waals surface area contributed by atoms with E-state index < -0.39 is 0 Å². The lowest BCUT2D eigenvalue weighted by molar-refractivity contribution is 0.549. The maximum atomic E-state index is 6.14. The lowest BCUT2D eigenvalue weighted by Crippen LogP contribution is -2.23. The molecular formula is C19H24ClN. The number of likely N-dealkylation sites (N-methyl/N-ethyl adjacent to an activating group) is 1. The second-order valence-electron chi connectivity index (χ2n) is 5.49. The molecule has 0 heterocycles. The van der Waals surface area contributed by atoms with Crippen molar-refractivity contribution in [2.24, 2.45) is 0 Å². The normalized spacial score (nSPS) is 12.4. The molecule has 1 N–H and O–H groups in total. The number of aryl methyl sites for hydroxylation is 2. The molecule has 2 aromatic rings. The molecule has 0 aromatic heterocycles. The van der Waals surface area contributed by atoms with E-state index in [1.165, 1.54) is 16.7 Å². The molecule has 0 fully saturated rings. The summed E-state index contributed by atoms with van der Waals surface area (Å²) in [5, 5.41) is 4.41. The van der Waals surface area contributed by atoms with E-state index in [2.05, 4.69) is 62.5 Å². The van der Waals surface area contributed by atoms with Gasteiger partial charge in [-0.2, -0.15) is 0 Å². The van der Waals surface area contributed by atoms with Gasteiger partial charge in [0.05, 0.1) is 0 Å². The Kier molecular flexibility index (Phi) is 5.84. The molecule has 1 nitrogen and oxygen atoms in total. The van der Waals surface area contributed by atoms with Crippen molar-refractivity contribution < 1.29 is 0 Å². The number of rotatable bonds is 6. The molecule has 112 valence electrons. The van der Waals surface area contributed by atoms with Crippen molar-refractivity contribution in [2.45, 2.75) is 39.7 Å². The lowest BCUT2D eigenvalue weighted by Gasteiger charge is -2.19. The van der Waals surface area contributed by atoms with E-state index in [1.54, 1.807) is 0 Å². The van der Waals surface area contributed by atoms with Crippen LogP contribution in [0, 0.1) is 6.92 Å². The Labute approximate surface area is 133 Å². The minimum absolute atomic E-state index is 0.332. The number of nitrogens with one attached hydrogen (secondary N) is 1. The zero-order valence-electron chi connectivity index (χ0n) is 13.1. The lowest BCUT2D eigenvalue weighted by atomic mass is 9.96. The summed E-state index contributed by atoms with van der Waals surface area (Å²) < 4.78 is 0. The molecule has 0 bridgehead atoms. The number of hydrogen-bond donors (Lipinski definition) is 1. The van der Waals surface area contributed by atoms with E-state index in [0.717, 1.165) is 30.0 Å². The molecule has 2 rings (SSSR count). The smallest absolute Gasteiger partial charge is 0.0435 e. The number of hydrogen-bond acceptors (Lipinski definition) is 1. The topological polar surface area (TPSA) is 12.0 Å². The van der Waals surface area contributed by atoms with Crippen molar-refractivity contribution in [2.75, 3.05) is 6.54 Å². The molecule has 0 radical (unpaired) electrons. The first kappa shape index (κ1) is 16.1. The van der Waals surface area contributed by atoms with Gasteiger partial charge in [-0.3, -0.25) is 0 Å². The van der Waals surface area contributed by atoms with Crippen LogP contribution in [0.1, 0.15) is 42.1 Å². The van der Waals surface area contributed by atoms with E-state index in [-0.39, 0.29) is 0 Å². The summed E-state index contributed by atoms with van der Waals surface area (Å²) in [4.78, 5) is 0. The monoisotopic (exact) mass is 301 g/mol. The van der Waals surface area contributed by atoms with Gasteiger partial charge in [-0.05, 0) is 54.6 Å². The van der Waals surface area contributed by atoms with Crippen LogP contribution < -0.4 is 5.32 Å². The van der Waals surface area contributed by atoms with Crippen molar-refractivity contribution in [3.63, 3.8) is 0 Å². The molecule has 1 atom stereocenters. The van der Waals surface area contributed by atoms with E-state index in [4.69, 9.17) is 11.6 Å². The molecule has 0 aliphatic carbocycles. The molecule has 0 amide bonds. The molecule has 21 heavy (non-hydrogen) atoms. The van der Waals surface area contributed by atoms with Gasteiger partial charge in [0.15, 0.2) is 0 Å². The first-order chi connectivity index (χ1) is 10.1. The zero-order chi connectivity index (χ0) is 15.2. The highest BCUT2D eigenvalue weighted by Crippen LogP contribution is 2.23. The molecule has 2 heteroatoms. The Bertz CT molecular complexity index is 575. The highest BCUT2D eigenvalue weighted by atomic mass is 35.5. The SMILES string of the molecule is CCNC(Cc1ccc(CC)cc1)c1ccc(Cl)c(C)c1. The van der Waals surface area contributed by atoms with Gasteiger partial charge in [0.1, 0.15) is 0 Å². The van der Waals surface area contributed by atoms with Gasteiger partial charge in [0.25, 0.3) is 0 Å². The second kappa shape index (κ2) is 7.63. The van der Waals surface area contributed by atoms with Crippen LogP contribution in [0.3, 0.4) is 0 Å². The Morgan fingerprint density at radius 2 is 1.67 bits per heavy atom. The number of benzene rings is 2. The molecule has 0 saturated heterocycles. The summed E-state index contributed by atoms with van der Waals surface area (Å²) in [5.41, 5.74) is 5.20. The van der Waals surface area contributed by atoms with Crippen LogP contribution in [-0.2, 0) is 12.8 Å². The third kappa shape index (κ3) is 4.33. The quantitative estimate of drug-likeness (QED) is 0.782. The maximum Gasteiger partial charge on any atom is 0.0435 e. The summed E-state index contributed by atoms with van der Waals surface area (Å²) in [6.45, 7) is 7.35. The minimum atomic E-state index is 0.332. The third-order valence-corrected chi connectivity index (χ3v) is 4.33. The Hall–Kier alpha value is -1.31. The van der Waals surface area contributed by atoms with Crippen LogP contribution in [-0.4, -0.2) is 6.54 Å². The Morgan fingerprint density at radius 1 is 1.00 bits per heavy atom. The maximum absolute atomic E-state index is 6.14. The fourth-order valence-corrected chi connectivity index (χ4v) is 2.70. The fraction of sp³-hybridized carbons (Fsp3) is 0.368. The molecule has 2 aromatic carbocycles. The summed E-state index contributed by atoms with van der Waals surface area (Å²) in [7, 11) is 0. The Morgan fingerprint density at radius 3 is 2.24 bits per heavy atom. The van der Waals surface area contributed by atoms with Gasteiger partial charge in [0.2, 0.25) is 0 Å². The molecule has 1 unspecified atom stereocenters. The standard InChI is InChI=1S/C19H24ClN/c1-4-15-6-8-16(9-7-15)13-19(21-5-2)17-10-11-18(20)14(3)12-17/h6-12,19,21H,4-5,13H2,1-3H3. The van der Waals surface area contributed by atoms with E-state index in [1.807, 2.05) is 6.07 Å². The predicted molar refractivity (Wildman–Crippen MR) is 92.1 cm³/mol. The summed E-state index contributed by atoms with van der Waals surface area (Å²) in [5.74, 6) is 0. The largest absolute Gasteiger partial charge is 0.310 e. The van der Waals surface area contributed by atoms with Crippen molar-refractivity contribution in [1.29, 1.82) is 0 Å². The van der Waals surface area contributed by atoms with Gasteiger partial charge in [0, 0.05) is 11.1 Å². The van der Waals surface area contributed by atoms with Crippen LogP contribution in [0.25, 0.3) is 0 Å². The highest BCUT2D eigenvalue weighted by molar-refractivity contribution is 6.31. The van der Waals surface area contributed by atoms with Gasteiger partial charge in [-0.1, -0.05) is 61.8 Å². The van der Waals surface area contributed by atoms with E-state index >= 15 is 0 Å². The predicted octanol–water partition coefficient (Wildman–Crippen LogP) is 5.10. The molecule has 0 aliphatic heterocycles. The molecule has 0 saturated carbocycles. The summed E-state index contributed by atoms with van der Waals surface area (Å²) in [6.07, 6.45) is 2.09. The van der Waals surface area contributed by atoms with Crippen LogP contribution in [0.15, 0.2) is 42.5 Å². The van der Waals surface area contributed by atoms with Crippen LogP contribution in [0.4, 0.5) is 0 Å². The fourth-order valence-electron chi connectivity index (χ4n) is 2.59. The van der Waals surface area contributed by atoms with Gasteiger partial charge in [-0.25, -0.2) is 0 Å². The van der Waals surface area contributed by atoms with Crippen LogP contribution in [0.5, 0.6) is 0 Å². The Balaban J connectivity index is 2.19. The van der Waals surface area contributed by atoms with Gasteiger partial charge in [-0.15, -0.1) is 0 Å². The van der Waals surface area contributed by atoms with Crippen molar-refractivity contribution in [3.8, 4) is 0 Å². The first-order valence-corrected chi connectivity index (χ1v) is 8.09. The molecule has 0 aliphatic rings. The van der Waals surface area contributed by atoms with Crippen LogP contribution >= 0.6 is 11.6 Å². The van der Waals surface area contributed by atoms with Crippen molar-refractivity contribution >= 4 is 11.6 Å². The average Bonchev–Trinajstić information content (AvgIpc) is 2.50. The summed E-state index contributed by atoms with van der Waals surface area (Å²) in [6, 6.07) is 15.6. The highest BCUT2D eigenvalue weighted by Gasteiger charge is 2.12. The zero-order valence-corrected chi connectivity index (χ0v) is 13.9. The minimum Gasteiger partial charge on any atom is -0.310 e. The number of halogens is 1. The van der Waals surface area contributed by atoms with E-state index in [0.29, 0.717) is 6.04 Å². The van der Waals surface area contributed by atoms with Gasteiger partial charge < -0.3 is 5.32 Å². The van der Waals surface area contributed by atoms with Gasteiger partial charge >= 0.3 is 0 Å². The van der Waals surface area contributed by atoms with Crippen molar-refractivity contribution in [3.05, 3.63) is 69.7 Å². The summed E-state index contributed by atoms with van der Waals surface area (Å²) >= 11 is 6.14.